The van der Waals surface area contributed by atoms with Crippen molar-refractivity contribution in [2.75, 3.05) is 0 Å². The summed E-state index contributed by atoms with van der Waals surface area (Å²) in [6, 6.07) is 1.90. The lowest BCUT2D eigenvalue weighted by atomic mass is 10.00. The van der Waals surface area contributed by atoms with Crippen LogP contribution in [0.4, 0.5) is 0 Å². The Bertz CT molecular complexity index is 332. The van der Waals surface area contributed by atoms with Gasteiger partial charge in [0.25, 0.3) is 0 Å². The second-order valence-electron chi connectivity index (χ2n) is 4.42. The molecule has 1 aliphatic carbocycles. The fourth-order valence-electron chi connectivity index (χ4n) is 2.41. The van der Waals surface area contributed by atoms with E-state index in [0.717, 1.165) is 12.8 Å². The van der Waals surface area contributed by atoms with Gasteiger partial charge >= 0.3 is 0 Å². The zero-order valence-electron chi connectivity index (χ0n) is 8.80. The highest BCUT2D eigenvalue weighted by Crippen LogP contribution is 2.41. The maximum Gasteiger partial charge on any atom is 0.163 e. The van der Waals surface area contributed by atoms with Gasteiger partial charge in [0, 0.05) is 5.92 Å². The highest BCUT2D eigenvalue weighted by Gasteiger charge is 2.50. The summed E-state index contributed by atoms with van der Waals surface area (Å²) < 4.78 is 11.4. The Morgan fingerprint density at radius 2 is 2.20 bits per heavy atom. The van der Waals surface area contributed by atoms with Gasteiger partial charge in [-0.25, -0.2) is 0 Å². The minimum Gasteiger partial charge on any atom is -0.410 e. The number of oxime groups is 1. The van der Waals surface area contributed by atoms with Gasteiger partial charge in [0.2, 0.25) is 0 Å². The van der Waals surface area contributed by atoms with E-state index in [0.29, 0.717) is 0 Å². The fraction of sp³-hybridized carbons (Fsp3) is 0.800. The second kappa shape index (κ2) is 3.47. The first-order valence-electron chi connectivity index (χ1n) is 5.05. The fourth-order valence-corrected chi connectivity index (χ4v) is 2.41. The van der Waals surface area contributed by atoms with Gasteiger partial charge in [0.1, 0.15) is 6.07 Å². The predicted octanol–water partition coefficient (Wildman–Crippen LogP) is 1.27. The molecule has 2 rings (SSSR count). The van der Waals surface area contributed by atoms with Crippen LogP contribution in [0, 0.1) is 17.2 Å². The molecule has 5 heteroatoms. The van der Waals surface area contributed by atoms with E-state index in [1.165, 1.54) is 0 Å². The van der Waals surface area contributed by atoms with Crippen LogP contribution in [0.1, 0.15) is 26.7 Å². The van der Waals surface area contributed by atoms with Gasteiger partial charge in [-0.05, 0) is 26.7 Å². The van der Waals surface area contributed by atoms with E-state index in [4.69, 9.17) is 19.9 Å². The van der Waals surface area contributed by atoms with Gasteiger partial charge in [-0.1, -0.05) is 5.16 Å². The van der Waals surface area contributed by atoms with Crippen LogP contribution in [-0.2, 0) is 9.47 Å². The summed E-state index contributed by atoms with van der Waals surface area (Å²) in [6.07, 6.45) is 1.50. The monoisotopic (exact) mass is 210 g/mol. The van der Waals surface area contributed by atoms with Gasteiger partial charge in [-0.3, -0.25) is 0 Å². The Kier molecular flexibility index (Phi) is 2.41. The zero-order valence-corrected chi connectivity index (χ0v) is 8.80. The van der Waals surface area contributed by atoms with Gasteiger partial charge in [0.15, 0.2) is 11.5 Å². The third-order valence-corrected chi connectivity index (χ3v) is 2.95. The van der Waals surface area contributed by atoms with Crippen molar-refractivity contribution in [3.8, 4) is 6.07 Å². The molecule has 2 fully saturated rings. The van der Waals surface area contributed by atoms with Gasteiger partial charge in [-0.2, -0.15) is 5.26 Å². The van der Waals surface area contributed by atoms with Gasteiger partial charge in [0.05, 0.1) is 12.2 Å². The van der Waals surface area contributed by atoms with E-state index in [1.54, 1.807) is 0 Å². The molecule has 0 spiro atoms. The minimum absolute atomic E-state index is 0.0232. The number of rotatable bonds is 1. The molecule has 0 bridgehead atoms. The summed E-state index contributed by atoms with van der Waals surface area (Å²) in [4.78, 5) is 0. The molecule has 0 amide bonds. The van der Waals surface area contributed by atoms with Crippen LogP contribution in [-0.4, -0.2) is 28.9 Å². The molecule has 0 aromatic rings. The molecule has 5 nitrogen and oxygen atoms in total. The van der Waals surface area contributed by atoms with E-state index in [1.807, 2.05) is 19.9 Å². The van der Waals surface area contributed by atoms with Crippen LogP contribution in [0.25, 0.3) is 0 Å². The lowest BCUT2D eigenvalue weighted by molar-refractivity contribution is -0.153. The number of hydrogen-bond donors (Lipinski definition) is 1. The van der Waals surface area contributed by atoms with Crippen LogP contribution in [0.2, 0.25) is 0 Å². The first-order chi connectivity index (χ1) is 7.07. The first kappa shape index (κ1) is 10.4. The molecule has 0 unspecified atom stereocenters. The third-order valence-electron chi connectivity index (χ3n) is 2.95. The summed E-state index contributed by atoms with van der Waals surface area (Å²) >= 11 is 0. The Morgan fingerprint density at radius 3 is 2.80 bits per heavy atom. The predicted molar refractivity (Wildman–Crippen MR) is 51.4 cm³/mol. The van der Waals surface area contributed by atoms with E-state index in [-0.39, 0.29) is 23.8 Å². The van der Waals surface area contributed by atoms with Crippen molar-refractivity contribution in [1.29, 1.82) is 5.26 Å². The molecule has 0 aromatic heterocycles. The average Bonchev–Trinajstić information content (AvgIpc) is 2.64. The Morgan fingerprint density at radius 1 is 1.47 bits per heavy atom. The largest absolute Gasteiger partial charge is 0.410 e. The number of nitrogens with zero attached hydrogens (tertiary/aromatic N) is 2. The molecule has 1 saturated heterocycles. The highest BCUT2D eigenvalue weighted by atomic mass is 16.8. The number of ether oxygens (including phenoxy) is 2. The van der Waals surface area contributed by atoms with Crippen LogP contribution < -0.4 is 0 Å². The minimum atomic E-state index is -0.593. The van der Waals surface area contributed by atoms with Crippen molar-refractivity contribution in [2.45, 2.75) is 44.7 Å². The number of hydrogen-bond acceptors (Lipinski definition) is 5. The molecular weight excluding hydrogens is 196 g/mol. The zero-order chi connectivity index (χ0) is 11.1. The molecule has 1 saturated carbocycles. The summed E-state index contributed by atoms with van der Waals surface area (Å²) in [7, 11) is 0. The standard InChI is InChI=1S/C10H14N2O3/c1-10(2)14-8-4-3-6(9(8)15-10)7(5-11)12-13/h6,8-9,13H,3-4H2,1-2H3/b12-7+/t6-,8+,9-/m1/s1. The van der Waals surface area contributed by atoms with E-state index < -0.39 is 5.79 Å². The maximum atomic E-state index is 8.80. The van der Waals surface area contributed by atoms with Crippen molar-refractivity contribution in [3.05, 3.63) is 0 Å². The molecular formula is C10H14N2O3. The normalized spacial score (nSPS) is 38.7. The smallest absolute Gasteiger partial charge is 0.163 e. The van der Waals surface area contributed by atoms with Crippen LogP contribution >= 0.6 is 0 Å². The highest BCUT2D eigenvalue weighted by molar-refractivity contribution is 6.00. The summed E-state index contributed by atoms with van der Waals surface area (Å²) in [5.41, 5.74) is 0.142. The lowest BCUT2D eigenvalue weighted by Gasteiger charge is -2.20. The second-order valence-corrected chi connectivity index (χ2v) is 4.42. The van der Waals surface area contributed by atoms with Crippen molar-refractivity contribution in [2.24, 2.45) is 11.1 Å². The van der Waals surface area contributed by atoms with Crippen LogP contribution in [0.5, 0.6) is 0 Å². The lowest BCUT2D eigenvalue weighted by Crippen LogP contribution is -2.29. The van der Waals surface area contributed by atoms with E-state index in [9.17, 15) is 0 Å². The van der Waals surface area contributed by atoms with Crippen LogP contribution in [0.3, 0.4) is 0 Å². The number of nitriles is 1. The molecule has 1 N–H and O–H groups in total. The summed E-state index contributed by atoms with van der Waals surface area (Å²) in [5.74, 6) is -0.726. The van der Waals surface area contributed by atoms with Gasteiger partial charge in [-0.15, -0.1) is 0 Å². The first-order valence-corrected chi connectivity index (χ1v) is 5.05. The Balaban J connectivity index is 2.16. The molecule has 1 heterocycles. The summed E-state index contributed by atoms with van der Waals surface area (Å²) in [6.45, 7) is 3.70. The maximum absolute atomic E-state index is 8.80. The summed E-state index contributed by atoms with van der Waals surface area (Å²) in [5, 5.41) is 20.5. The average molecular weight is 210 g/mol. The quantitative estimate of drug-likeness (QED) is 0.402. The van der Waals surface area contributed by atoms with Crippen LogP contribution in [0.15, 0.2) is 5.16 Å². The van der Waals surface area contributed by atoms with Crippen molar-refractivity contribution in [1.82, 2.24) is 0 Å². The Hall–Kier alpha value is -1.12. The SMILES string of the molecule is CC1(C)O[C@H]2[C@H](CC[C@@H]2/C(C#N)=N/O)O1. The molecule has 2 aliphatic rings. The molecule has 0 radical (unpaired) electrons. The number of fused-ring (bicyclic) bond motifs is 1. The molecule has 0 aromatic carbocycles. The van der Waals surface area contributed by atoms with E-state index in [2.05, 4.69) is 5.16 Å². The molecule has 3 atom stereocenters. The molecule has 82 valence electrons. The van der Waals surface area contributed by atoms with Gasteiger partial charge < -0.3 is 14.7 Å². The topological polar surface area (TPSA) is 74.8 Å². The Labute approximate surface area is 88.3 Å². The van der Waals surface area contributed by atoms with E-state index >= 15 is 0 Å². The van der Waals surface area contributed by atoms with Crippen molar-refractivity contribution in [3.63, 3.8) is 0 Å². The third kappa shape index (κ3) is 1.71. The molecule has 1 aliphatic heterocycles. The van der Waals surface area contributed by atoms with Crippen molar-refractivity contribution < 1.29 is 14.7 Å². The molecule has 15 heavy (non-hydrogen) atoms. The van der Waals surface area contributed by atoms with Crippen molar-refractivity contribution >= 4 is 5.71 Å².